The van der Waals surface area contributed by atoms with Gasteiger partial charge in [-0.1, -0.05) is 52.2 Å². The summed E-state index contributed by atoms with van der Waals surface area (Å²) in [6.07, 6.45) is 6.27. The molecule has 0 aliphatic heterocycles. The number of hydrogen-bond acceptors (Lipinski definition) is 2. The van der Waals surface area contributed by atoms with Crippen LogP contribution in [0.25, 0.3) is 0 Å². The smallest absolute Gasteiger partial charge is 0.122 e. The van der Waals surface area contributed by atoms with Crippen molar-refractivity contribution in [2.45, 2.75) is 63.7 Å². The third-order valence-corrected chi connectivity index (χ3v) is 4.84. The SMILES string of the molecule is COc1ccc(C(C)(C)C)cc1C1(CN)CCCCC1. The molecule has 2 nitrogen and oxygen atoms in total. The maximum absolute atomic E-state index is 6.20. The summed E-state index contributed by atoms with van der Waals surface area (Å²) in [5.41, 5.74) is 9.17. The van der Waals surface area contributed by atoms with E-state index in [1.165, 1.54) is 43.2 Å². The molecule has 1 aromatic rings. The van der Waals surface area contributed by atoms with Crippen LogP contribution in [0.4, 0.5) is 0 Å². The molecule has 0 saturated heterocycles. The fraction of sp³-hybridized carbons (Fsp3) is 0.667. The quantitative estimate of drug-likeness (QED) is 0.899. The van der Waals surface area contributed by atoms with E-state index in [0.717, 1.165) is 12.3 Å². The number of ether oxygens (including phenoxy) is 1. The standard InChI is InChI=1S/C18H29NO/c1-17(2,3)14-8-9-16(20-4)15(12-14)18(13-19)10-6-5-7-11-18/h8-9,12H,5-7,10-11,13,19H2,1-4H3. The minimum Gasteiger partial charge on any atom is -0.496 e. The second-order valence-corrected chi connectivity index (χ2v) is 7.21. The first-order chi connectivity index (χ1) is 9.43. The number of nitrogens with two attached hydrogens (primary N) is 1. The Morgan fingerprint density at radius 3 is 2.30 bits per heavy atom. The average Bonchev–Trinajstić information content (AvgIpc) is 2.46. The van der Waals surface area contributed by atoms with Gasteiger partial charge < -0.3 is 10.5 Å². The molecule has 1 aromatic carbocycles. The van der Waals surface area contributed by atoms with Crippen molar-refractivity contribution in [2.24, 2.45) is 5.73 Å². The maximum Gasteiger partial charge on any atom is 0.122 e. The van der Waals surface area contributed by atoms with Crippen LogP contribution < -0.4 is 10.5 Å². The van der Waals surface area contributed by atoms with Crippen molar-refractivity contribution in [3.05, 3.63) is 29.3 Å². The summed E-state index contributed by atoms with van der Waals surface area (Å²) in [4.78, 5) is 0. The average molecular weight is 275 g/mol. The second kappa shape index (κ2) is 5.77. The zero-order chi connectivity index (χ0) is 14.8. The van der Waals surface area contributed by atoms with Gasteiger partial charge in [-0.2, -0.15) is 0 Å². The highest BCUT2D eigenvalue weighted by Gasteiger charge is 2.35. The van der Waals surface area contributed by atoms with Crippen LogP contribution >= 0.6 is 0 Å². The zero-order valence-electron chi connectivity index (χ0n) is 13.5. The van der Waals surface area contributed by atoms with E-state index < -0.39 is 0 Å². The topological polar surface area (TPSA) is 35.2 Å². The molecule has 0 amide bonds. The van der Waals surface area contributed by atoms with E-state index in [-0.39, 0.29) is 10.8 Å². The monoisotopic (exact) mass is 275 g/mol. The summed E-state index contributed by atoms with van der Waals surface area (Å²) < 4.78 is 5.64. The molecular weight excluding hydrogens is 246 g/mol. The molecule has 2 rings (SSSR count). The Morgan fingerprint density at radius 1 is 1.15 bits per heavy atom. The van der Waals surface area contributed by atoms with Crippen LogP contribution in [0.3, 0.4) is 0 Å². The van der Waals surface area contributed by atoms with E-state index in [2.05, 4.69) is 39.0 Å². The molecule has 1 aliphatic carbocycles. The lowest BCUT2D eigenvalue weighted by Crippen LogP contribution is -2.37. The van der Waals surface area contributed by atoms with E-state index in [9.17, 15) is 0 Å². The predicted octanol–water partition coefficient (Wildman–Crippen LogP) is 4.15. The Bertz CT molecular complexity index is 453. The summed E-state index contributed by atoms with van der Waals surface area (Å²) >= 11 is 0. The molecule has 1 saturated carbocycles. The highest BCUT2D eigenvalue weighted by atomic mass is 16.5. The van der Waals surface area contributed by atoms with Crippen molar-refractivity contribution in [3.8, 4) is 5.75 Å². The van der Waals surface area contributed by atoms with Crippen LogP contribution in [-0.2, 0) is 10.8 Å². The number of benzene rings is 1. The summed E-state index contributed by atoms with van der Waals surface area (Å²) in [5.74, 6) is 1.00. The van der Waals surface area contributed by atoms with Crippen LogP contribution in [0.5, 0.6) is 5.75 Å². The summed E-state index contributed by atoms with van der Waals surface area (Å²) in [6, 6.07) is 6.66. The predicted molar refractivity (Wildman–Crippen MR) is 85.5 cm³/mol. The summed E-state index contributed by atoms with van der Waals surface area (Å²) in [7, 11) is 1.77. The van der Waals surface area contributed by atoms with Crippen LogP contribution in [0.2, 0.25) is 0 Å². The molecule has 1 aliphatic rings. The maximum atomic E-state index is 6.20. The van der Waals surface area contributed by atoms with Gasteiger partial charge in [0.05, 0.1) is 7.11 Å². The first kappa shape index (κ1) is 15.4. The van der Waals surface area contributed by atoms with E-state index in [1.807, 2.05) is 0 Å². The van der Waals surface area contributed by atoms with Gasteiger partial charge in [-0.25, -0.2) is 0 Å². The Balaban J connectivity index is 2.51. The van der Waals surface area contributed by atoms with Crippen molar-refractivity contribution >= 4 is 0 Å². The van der Waals surface area contributed by atoms with Crippen molar-refractivity contribution in [2.75, 3.05) is 13.7 Å². The van der Waals surface area contributed by atoms with Crippen molar-refractivity contribution in [1.82, 2.24) is 0 Å². The van der Waals surface area contributed by atoms with Gasteiger partial charge in [0.15, 0.2) is 0 Å². The van der Waals surface area contributed by atoms with E-state index in [4.69, 9.17) is 10.5 Å². The van der Waals surface area contributed by atoms with Crippen LogP contribution in [0, 0.1) is 0 Å². The largest absolute Gasteiger partial charge is 0.496 e. The van der Waals surface area contributed by atoms with Gasteiger partial charge in [0, 0.05) is 17.5 Å². The van der Waals surface area contributed by atoms with Crippen molar-refractivity contribution in [3.63, 3.8) is 0 Å². The Kier molecular flexibility index (Phi) is 4.43. The van der Waals surface area contributed by atoms with E-state index in [0.29, 0.717) is 0 Å². The summed E-state index contributed by atoms with van der Waals surface area (Å²) in [6.45, 7) is 7.49. The third-order valence-electron chi connectivity index (χ3n) is 4.84. The molecule has 0 aromatic heterocycles. The molecule has 112 valence electrons. The number of methoxy groups -OCH3 is 1. The molecule has 0 bridgehead atoms. The Hall–Kier alpha value is -1.02. The first-order valence-corrected chi connectivity index (χ1v) is 7.82. The zero-order valence-corrected chi connectivity index (χ0v) is 13.5. The number of hydrogen-bond donors (Lipinski definition) is 1. The minimum absolute atomic E-state index is 0.116. The van der Waals surface area contributed by atoms with Gasteiger partial charge in [0.1, 0.15) is 5.75 Å². The van der Waals surface area contributed by atoms with Gasteiger partial charge in [-0.15, -0.1) is 0 Å². The van der Waals surface area contributed by atoms with Crippen LogP contribution in [0.15, 0.2) is 18.2 Å². The molecule has 0 unspecified atom stereocenters. The van der Waals surface area contributed by atoms with Gasteiger partial charge in [0.2, 0.25) is 0 Å². The van der Waals surface area contributed by atoms with Gasteiger partial charge >= 0.3 is 0 Å². The molecule has 0 atom stereocenters. The Labute approximate surface area is 123 Å². The molecule has 0 spiro atoms. The van der Waals surface area contributed by atoms with Gasteiger partial charge in [-0.05, 0) is 29.9 Å². The highest BCUT2D eigenvalue weighted by molar-refractivity contribution is 5.45. The first-order valence-electron chi connectivity index (χ1n) is 7.82. The lowest BCUT2D eigenvalue weighted by Gasteiger charge is -2.38. The molecule has 0 heterocycles. The molecular formula is C18H29NO. The van der Waals surface area contributed by atoms with Crippen LogP contribution in [0.1, 0.15) is 64.0 Å². The minimum atomic E-state index is 0.116. The molecule has 2 heteroatoms. The van der Waals surface area contributed by atoms with Crippen LogP contribution in [-0.4, -0.2) is 13.7 Å². The summed E-state index contributed by atoms with van der Waals surface area (Å²) in [5, 5.41) is 0. The molecule has 1 fully saturated rings. The van der Waals surface area contributed by atoms with Crippen molar-refractivity contribution in [1.29, 1.82) is 0 Å². The fourth-order valence-electron chi connectivity index (χ4n) is 3.40. The third kappa shape index (κ3) is 2.85. The van der Waals surface area contributed by atoms with E-state index >= 15 is 0 Å². The lowest BCUT2D eigenvalue weighted by atomic mass is 9.68. The van der Waals surface area contributed by atoms with Gasteiger partial charge in [0.25, 0.3) is 0 Å². The molecule has 2 N–H and O–H groups in total. The fourth-order valence-corrected chi connectivity index (χ4v) is 3.40. The van der Waals surface area contributed by atoms with Crippen molar-refractivity contribution < 1.29 is 4.74 Å². The number of rotatable bonds is 3. The highest BCUT2D eigenvalue weighted by Crippen LogP contribution is 2.44. The molecule has 20 heavy (non-hydrogen) atoms. The van der Waals surface area contributed by atoms with E-state index in [1.54, 1.807) is 7.11 Å². The Morgan fingerprint density at radius 2 is 1.80 bits per heavy atom. The van der Waals surface area contributed by atoms with Gasteiger partial charge in [-0.3, -0.25) is 0 Å². The lowest BCUT2D eigenvalue weighted by molar-refractivity contribution is 0.287. The normalized spacial score (nSPS) is 18.9. The molecule has 0 radical (unpaired) electrons. The second-order valence-electron chi connectivity index (χ2n) is 7.21.